The van der Waals surface area contributed by atoms with Crippen LogP contribution in [0.3, 0.4) is 0 Å². The lowest BCUT2D eigenvalue weighted by Gasteiger charge is -2.26. The van der Waals surface area contributed by atoms with Gasteiger partial charge in [0, 0.05) is 5.56 Å². The average molecular weight is 443 g/mol. The number of para-hydroxylation sites is 2. The second-order valence-electron chi connectivity index (χ2n) is 7.14. The zero-order valence-corrected chi connectivity index (χ0v) is 18.6. The van der Waals surface area contributed by atoms with Crippen LogP contribution in [-0.2, 0) is 16.6 Å². The molecule has 0 fully saturated rings. The minimum atomic E-state index is -3.49. The highest BCUT2D eigenvalue weighted by molar-refractivity contribution is 7.92. The summed E-state index contributed by atoms with van der Waals surface area (Å²) < 4.78 is 26.4. The number of anilines is 2. The molecule has 1 amide bonds. The van der Waals surface area contributed by atoms with Gasteiger partial charge in [0.15, 0.2) is 0 Å². The molecule has 0 heterocycles. The number of hydrogen-bond acceptors (Lipinski definition) is 3. The Labute approximate surface area is 182 Å². The van der Waals surface area contributed by atoms with E-state index in [1.54, 1.807) is 48.5 Å². The number of hydrogen-bond donors (Lipinski definition) is 1. The SMILES string of the molecule is Cc1cccc(C)c1N(Cc1ccc(C(=O)Nc2ccccc2Cl)cc1)S(C)(=O)=O. The van der Waals surface area contributed by atoms with Crippen LogP contribution >= 0.6 is 11.6 Å². The first kappa shape index (κ1) is 21.9. The van der Waals surface area contributed by atoms with Crippen LogP contribution in [0.4, 0.5) is 11.4 Å². The van der Waals surface area contributed by atoms with Crippen molar-refractivity contribution in [1.29, 1.82) is 0 Å². The molecule has 7 heteroatoms. The Balaban J connectivity index is 1.83. The number of halogens is 1. The molecule has 0 saturated carbocycles. The summed E-state index contributed by atoms with van der Waals surface area (Å²) in [6.45, 7) is 3.96. The Morgan fingerprint density at radius 2 is 1.53 bits per heavy atom. The molecule has 0 saturated heterocycles. The van der Waals surface area contributed by atoms with Gasteiger partial charge in [-0.3, -0.25) is 9.10 Å². The van der Waals surface area contributed by atoms with E-state index in [1.807, 2.05) is 32.0 Å². The Kier molecular flexibility index (Phi) is 6.48. The maximum atomic E-state index is 12.5. The van der Waals surface area contributed by atoms with Crippen molar-refractivity contribution in [2.24, 2.45) is 0 Å². The van der Waals surface area contributed by atoms with E-state index in [9.17, 15) is 13.2 Å². The molecule has 0 aliphatic heterocycles. The molecular weight excluding hydrogens is 420 g/mol. The number of amides is 1. The molecule has 0 aromatic heterocycles. The molecule has 3 aromatic carbocycles. The molecule has 3 aromatic rings. The predicted molar refractivity (Wildman–Crippen MR) is 123 cm³/mol. The third-order valence-corrected chi connectivity index (χ3v) is 6.20. The molecule has 0 bridgehead atoms. The lowest BCUT2D eigenvalue weighted by atomic mass is 10.1. The van der Waals surface area contributed by atoms with Crippen molar-refractivity contribution in [3.05, 3.63) is 94.0 Å². The smallest absolute Gasteiger partial charge is 0.255 e. The number of carbonyl (C=O) groups excluding carboxylic acids is 1. The van der Waals surface area contributed by atoms with Gasteiger partial charge in [0.1, 0.15) is 0 Å². The van der Waals surface area contributed by atoms with E-state index in [0.717, 1.165) is 16.7 Å². The maximum absolute atomic E-state index is 12.5. The van der Waals surface area contributed by atoms with Gasteiger partial charge < -0.3 is 5.32 Å². The van der Waals surface area contributed by atoms with Gasteiger partial charge in [0.25, 0.3) is 5.91 Å². The van der Waals surface area contributed by atoms with Crippen molar-refractivity contribution in [2.75, 3.05) is 15.9 Å². The first-order valence-corrected chi connectivity index (χ1v) is 11.6. The van der Waals surface area contributed by atoms with Crippen LogP contribution in [-0.4, -0.2) is 20.6 Å². The minimum absolute atomic E-state index is 0.178. The van der Waals surface area contributed by atoms with Crippen LogP contribution in [0.1, 0.15) is 27.0 Å². The Bertz CT molecular complexity index is 1160. The average Bonchev–Trinajstić information content (AvgIpc) is 2.68. The topological polar surface area (TPSA) is 66.5 Å². The fourth-order valence-corrected chi connectivity index (χ4v) is 4.43. The van der Waals surface area contributed by atoms with E-state index in [4.69, 9.17) is 11.6 Å². The number of nitrogens with one attached hydrogen (secondary N) is 1. The molecular formula is C23H23ClN2O3S. The van der Waals surface area contributed by atoms with Crippen LogP contribution < -0.4 is 9.62 Å². The number of sulfonamides is 1. The molecule has 0 aliphatic carbocycles. The standard InChI is InChI=1S/C23H23ClN2O3S/c1-16-7-6-8-17(2)22(16)26(30(3,28)29)15-18-11-13-19(14-12-18)23(27)25-21-10-5-4-9-20(21)24/h4-14H,15H2,1-3H3,(H,25,27). The molecule has 0 unspecified atom stereocenters. The van der Waals surface area contributed by atoms with Gasteiger partial charge >= 0.3 is 0 Å². The Morgan fingerprint density at radius 3 is 2.10 bits per heavy atom. The summed E-state index contributed by atoms with van der Waals surface area (Å²) in [6, 6.07) is 19.6. The third kappa shape index (κ3) is 5.01. The van der Waals surface area contributed by atoms with Crippen molar-refractivity contribution in [2.45, 2.75) is 20.4 Å². The first-order chi connectivity index (χ1) is 14.2. The summed E-state index contributed by atoms with van der Waals surface area (Å²) in [4.78, 5) is 12.5. The van der Waals surface area contributed by atoms with Gasteiger partial charge in [-0.05, 0) is 54.8 Å². The summed E-state index contributed by atoms with van der Waals surface area (Å²) in [5, 5.41) is 3.23. The van der Waals surface area contributed by atoms with Crippen LogP contribution in [0.25, 0.3) is 0 Å². The number of nitrogens with zero attached hydrogens (tertiary/aromatic N) is 1. The monoisotopic (exact) mass is 442 g/mol. The molecule has 30 heavy (non-hydrogen) atoms. The molecule has 3 rings (SSSR count). The van der Waals surface area contributed by atoms with Crippen molar-refractivity contribution >= 4 is 38.9 Å². The zero-order valence-electron chi connectivity index (χ0n) is 17.0. The lowest BCUT2D eigenvalue weighted by molar-refractivity contribution is 0.102. The van der Waals surface area contributed by atoms with E-state index >= 15 is 0 Å². The van der Waals surface area contributed by atoms with Crippen LogP contribution in [0.2, 0.25) is 5.02 Å². The largest absolute Gasteiger partial charge is 0.321 e. The van der Waals surface area contributed by atoms with Gasteiger partial charge in [-0.2, -0.15) is 0 Å². The van der Waals surface area contributed by atoms with Crippen molar-refractivity contribution in [1.82, 2.24) is 0 Å². The maximum Gasteiger partial charge on any atom is 0.255 e. The van der Waals surface area contributed by atoms with Gasteiger partial charge in [-0.25, -0.2) is 8.42 Å². The molecule has 5 nitrogen and oxygen atoms in total. The summed E-state index contributed by atoms with van der Waals surface area (Å²) in [5.74, 6) is -0.288. The van der Waals surface area contributed by atoms with Gasteiger partial charge in [-0.1, -0.05) is 54.1 Å². The summed E-state index contributed by atoms with van der Waals surface area (Å²) in [5.41, 5.74) is 4.22. The van der Waals surface area contributed by atoms with Crippen molar-refractivity contribution < 1.29 is 13.2 Å². The highest BCUT2D eigenvalue weighted by Gasteiger charge is 2.21. The van der Waals surface area contributed by atoms with Crippen LogP contribution in [0, 0.1) is 13.8 Å². The molecule has 0 radical (unpaired) electrons. The zero-order chi connectivity index (χ0) is 21.9. The fourth-order valence-electron chi connectivity index (χ4n) is 3.25. The highest BCUT2D eigenvalue weighted by Crippen LogP contribution is 2.28. The van der Waals surface area contributed by atoms with E-state index in [1.165, 1.54) is 10.6 Å². The summed E-state index contributed by atoms with van der Waals surface area (Å²) in [7, 11) is -3.49. The molecule has 0 atom stereocenters. The molecule has 0 spiro atoms. The van der Waals surface area contributed by atoms with E-state index < -0.39 is 10.0 Å². The summed E-state index contributed by atoms with van der Waals surface area (Å²) in [6.07, 6.45) is 1.20. The second-order valence-corrected chi connectivity index (χ2v) is 9.45. The lowest BCUT2D eigenvalue weighted by Crippen LogP contribution is -2.30. The van der Waals surface area contributed by atoms with E-state index in [-0.39, 0.29) is 12.5 Å². The predicted octanol–water partition coefficient (Wildman–Crippen LogP) is 5.18. The van der Waals surface area contributed by atoms with Crippen LogP contribution in [0.15, 0.2) is 66.7 Å². The number of aryl methyl sites for hydroxylation is 2. The minimum Gasteiger partial charge on any atom is -0.321 e. The van der Waals surface area contributed by atoms with Gasteiger partial charge in [0.2, 0.25) is 10.0 Å². The highest BCUT2D eigenvalue weighted by atomic mass is 35.5. The molecule has 0 aliphatic rings. The van der Waals surface area contributed by atoms with Gasteiger partial charge in [-0.15, -0.1) is 0 Å². The fraction of sp³-hybridized carbons (Fsp3) is 0.174. The second kappa shape index (κ2) is 8.90. The third-order valence-electron chi connectivity index (χ3n) is 4.75. The quantitative estimate of drug-likeness (QED) is 0.572. The van der Waals surface area contributed by atoms with E-state index in [0.29, 0.717) is 22.0 Å². The van der Waals surface area contributed by atoms with Crippen LogP contribution in [0.5, 0.6) is 0 Å². The number of rotatable bonds is 6. The first-order valence-electron chi connectivity index (χ1n) is 9.35. The van der Waals surface area contributed by atoms with E-state index in [2.05, 4.69) is 5.32 Å². The van der Waals surface area contributed by atoms with Gasteiger partial charge in [0.05, 0.1) is 29.2 Å². The normalized spacial score (nSPS) is 11.2. The number of carbonyl (C=O) groups is 1. The Hall–Kier alpha value is -2.83. The summed E-state index contributed by atoms with van der Waals surface area (Å²) >= 11 is 6.09. The van der Waals surface area contributed by atoms with Crippen molar-refractivity contribution in [3.63, 3.8) is 0 Å². The van der Waals surface area contributed by atoms with Crippen molar-refractivity contribution in [3.8, 4) is 0 Å². The Morgan fingerprint density at radius 1 is 0.933 bits per heavy atom. The number of benzene rings is 3. The molecule has 1 N–H and O–H groups in total. The molecule has 156 valence electrons.